The average Bonchev–Trinajstić information content (AvgIpc) is 3.02. The van der Waals surface area contributed by atoms with Gasteiger partial charge in [0.2, 0.25) is 0 Å². The predicted octanol–water partition coefficient (Wildman–Crippen LogP) is -4.15. The molecule has 0 spiro atoms. The summed E-state index contributed by atoms with van der Waals surface area (Å²) in [5.41, 5.74) is 5.33. The molecule has 1 aliphatic rings. The molecule has 1 aliphatic carbocycles. The molecule has 0 amide bonds. The van der Waals surface area contributed by atoms with E-state index >= 15 is 0 Å². The number of aryl methyl sites for hydroxylation is 3. The van der Waals surface area contributed by atoms with Crippen LogP contribution in [0.4, 0.5) is 0 Å². The Morgan fingerprint density at radius 3 is 1.28 bits per heavy atom. The van der Waals surface area contributed by atoms with Gasteiger partial charge in [-0.15, -0.1) is 0 Å². The minimum Gasteiger partial charge on any atom is -1.00 e. The normalized spacial score (nSPS) is 17.0. The number of hydrogen-bond donors (Lipinski definition) is 0. The Morgan fingerprint density at radius 1 is 0.625 bits per heavy atom. The van der Waals surface area contributed by atoms with Gasteiger partial charge in [-0.05, 0) is 0 Å². The van der Waals surface area contributed by atoms with Crippen molar-refractivity contribution in [2.75, 3.05) is 0 Å². The predicted molar refractivity (Wildman–Crippen MR) is 124 cm³/mol. The summed E-state index contributed by atoms with van der Waals surface area (Å²) < 4.78 is -0.0353. The van der Waals surface area contributed by atoms with Crippen molar-refractivity contribution in [2.45, 2.75) is 31.0 Å². The van der Waals surface area contributed by atoms with Crippen LogP contribution in [-0.2, 0) is 20.4 Å². The molecule has 1 unspecified atom stereocenters. The summed E-state index contributed by atoms with van der Waals surface area (Å²) in [7, 11) is -2.41. The molecule has 0 aromatic heterocycles. The zero-order chi connectivity index (χ0) is 20.6. The summed E-state index contributed by atoms with van der Waals surface area (Å²) in [4.78, 5) is 0. The monoisotopic (exact) mass is 532 g/mol. The Hall–Kier alpha value is -1.06. The van der Waals surface area contributed by atoms with Crippen molar-refractivity contribution in [1.29, 1.82) is 0 Å². The fraction of sp³-hybridized carbons (Fsp3) is 0.185. The molecule has 0 nitrogen and oxygen atoms in total. The Kier molecular flexibility index (Phi) is 10.3. The molecule has 0 N–H and O–H groups in total. The van der Waals surface area contributed by atoms with Crippen LogP contribution in [0.5, 0.6) is 0 Å². The standard InChI is InChI=1S/C27H27Si.3ClH.Ti/c1-20-8-5-11-24(16-20)28(27-15-14-23(4)19-27,25-12-6-9-21(2)17-25)26-13-7-10-22(3)18-26;;;;/h5-19H,1-4H3;3*1H;/q;;;;+3/p-3. The SMILES string of the molecule is CC1=C[C]([Ti+3])([Si](c2cccc(C)c2)(c2cccc(C)c2)c2cccc(C)c2)C=C1.[Cl-].[Cl-].[Cl-]. The van der Waals surface area contributed by atoms with Gasteiger partial charge in [0.05, 0.1) is 0 Å². The molecule has 5 heteroatoms. The third-order valence-corrected chi connectivity index (χ3v) is 13.4. The van der Waals surface area contributed by atoms with E-state index in [4.69, 9.17) is 0 Å². The third kappa shape index (κ3) is 5.04. The zero-order valence-electron chi connectivity index (χ0n) is 18.8. The molecule has 4 rings (SSSR count). The summed E-state index contributed by atoms with van der Waals surface area (Å²) in [5.74, 6) is 0. The fourth-order valence-electron chi connectivity index (χ4n) is 4.80. The molecule has 0 radical (unpaired) electrons. The molecule has 1 atom stereocenters. The number of allylic oxidation sites excluding steroid dienone is 4. The molecule has 3 aromatic rings. The first kappa shape index (κ1) is 29.0. The van der Waals surface area contributed by atoms with Crippen molar-refractivity contribution in [2.24, 2.45) is 0 Å². The molecular weight excluding hydrogens is 507 g/mol. The Labute approximate surface area is 224 Å². The number of hydrogen-bond acceptors (Lipinski definition) is 0. The van der Waals surface area contributed by atoms with Crippen LogP contribution in [0.25, 0.3) is 0 Å². The van der Waals surface area contributed by atoms with E-state index in [2.05, 4.69) is 139 Å². The van der Waals surface area contributed by atoms with Gasteiger partial charge < -0.3 is 37.2 Å². The molecule has 3 aromatic carbocycles. The maximum absolute atomic E-state index is 2.51. The maximum atomic E-state index is 2.51. The Morgan fingerprint density at radius 2 is 1.00 bits per heavy atom. The third-order valence-electron chi connectivity index (χ3n) is 6.04. The van der Waals surface area contributed by atoms with Crippen molar-refractivity contribution in [3.05, 3.63) is 113 Å². The summed E-state index contributed by atoms with van der Waals surface area (Å²) >= 11 is 2.44. The second kappa shape index (κ2) is 11.4. The van der Waals surface area contributed by atoms with Gasteiger partial charge in [0.1, 0.15) is 0 Å². The minimum absolute atomic E-state index is 0. The fourth-order valence-corrected chi connectivity index (χ4v) is 12.9. The van der Waals surface area contributed by atoms with E-state index in [0.29, 0.717) is 0 Å². The van der Waals surface area contributed by atoms with Crippen molar-refractivity contribution in [3.63, 3.8) is 0 Å². The van der Waals surface area contributed by atoms with Crippen LogP contribution in [0.3, 0.4) is 0 Å². The summed E-state index contributed by atoms with van der Waals surface area (Å²) in [5, 5.41) is 4.44. The minimum atomic E-state index is -2.41. The number of rotatable bonds is 4. The molecular formula is C27H27Cl3SiTi. The van der Waals surface area contributed by atoms with Gasteiger partial charge in [-0.25, -0.2) is 0 Å². The molecule has 0 bridgehead atoms. The summed E-state index contributed by atoms with van der Waals surface area (Å²) in [6.45, 7) is 8.86. The first-order valence-corrected chi connectivity index (χ1v) is 13.0. The molecule has 164 valence electrons. The van der Waals surface area contributed by atoms with E-state index in [1.54, 1.807) is 0 Å². The van der Waals surface area contributed by atoms with Crippen LogP contribution < -0.4 is 52.8 Å². The van der Waals surface area contributed by atoms with Crippen LogP contribution in [0.1, 0.15) is 23.6 Å². The second-order valence-corrected chi connectivity index (χ2v) is 14.6. The smallest absolute Gasteiger partial charge is 1.00 e. The second-order valence-electron chi connectivity index (χ2n) is 8.45. The van der Waals surface area contributed by atoms with Crippen LogP contribution in [0, 0.1) is 20.8 Å². The van der Waals surface area contributed by atoms with Crippen molar-refractivity contribution < 1.29 is 57.7 Å². The molecule has 0 saturated carbocycles. The van der Waals surface area contributed by atoms with Gasteiger partial charge in [0.25, 0.3) is 0 Å². The van der Waals surface area contributed by atoms with E-state index in [0.717, 1.165) is 0 Å². The Balaban J connectivity index is 0.00000171. The van der Waals surface area contributed by atoms with E-state index in [-0.39, 0.29) is 40.6 Å². The van der Waals surface area contributed by atoms with Crippen LogP contribution in [0.15, 0.2) is 96.6 Å². The molecule has 0 fully saturated rings. The van der Waals surface area contributed by atoms with E-state index in [1.165, 1.54) is 37.8 Å². The largest absolute Gasteiger partial charge is 1.00 e. The molecule has 32 heavy (non-hydrogen) atoms. The van der Waals surface area contributed by atoms with Crippen LogP contribution in [0.2, 0.25) is 3.34 Å². The van der Waals surface area contributed by atoms with Gasteiger partial charge in [0, 0.05) is 0 Å². The van der Waals surface area contributed by atoms with Gasteiger partial charge >= 0.3 is 188 Å². The average molecular weight is 534 g/mol. The Bertz CT molecular complexity index is 1030. The van der Waals surface area contributed by atoms with E-state index < -0.39 is 8.07 Å². The van der Waals surface area contributed by atoms with E-state index in [1.807, 2.05) is 0 Å². The maximum Gasteiger partial charge on any atom is -1.00 e. The molecule has 0 aliphatic heterocycles. The molecule has 0 heterocycles. The number of benzene rings is 3. The summed E-state index contributed by atoms with van der Waals surface area (Å²) in [6.07, 6.45) is 7.27. The zero-order valence-corrected chi connectivity index (χ0v) is 23.6. The molecule has 0 saturated heterocycles. The topological polar surface area (TPSA) is 0 Å². The van der Waals surface area contributed by atoms with Crippen molar-refractivity contribution in [3.8, 4) is 0 Å². The van der Waals surface area contributed by atoms with E-state index in [9.17, 15) is 0 Å². The van der Waals surface area contributed by atoms with Gasteiger partial charge in [-0.3, -0.25) is 0 Å². The van der Waals surface area contributed by atoms with Gasteiger partial charge in [-0.1, -0.05) is 0 Å². The van der Waals surface area contributed by atoms with Gasteiger partial charge in [0.15, 0.2) is 0 Å². The number of halogens is 3. The van der Waals surface area contributed by atoms with Crippen molar-refractivity contribution in [1.82, 2.24) is 0 Å². The first-order valence-electron chi connectivity index (χ1n) is 10.2. The van der Waals surface area contributed by atoms with Gasteiger partial charge in [-0.2, -0.15) is 0 Å². The van der Waals surface area contributed by atoms with Crippen molar-refractivity contribution >= 4 is 23.6 Å². The summed E-state index contributed by atoms with van der Waals surface area (Å²) in [6, 6.07) is 27.7. The van der Waals surface area contributed by atoms with Crippen LogP contribution >= 0.6 is 0 Å². The first-order chi connectivity index (χ1) is 13.8. The van der Waals surface area contributed by atoms with Crippen LogP contribution in [-0.4, -0.2) is 8.07 Å². The quantitative estimate of drug-likeness (QED) is 0.236.